The van der Waals surface area contributed by atoms with Gasteiger partial charge in [0.15, 0.2) is 0 Å². The molecule has 0 atom stereocenters. The molecule has 2 aromatic rings. The summed E-state index contributed by atoms with van der Waals surface area (Å²) < 4.78 is 0. The normalized spacial score (nSPS) is 15.2. The third-order valence-electron chi connectivity index (χ3n) is 4.45. The van der Waals surface area contributed by atoms with Crippen LogP contribution in [-0.4, -0.2) is 42.0 Å². The molecule has 3 rings (SSSR count). The number of carbonyl (C=O) groups is 1. The van der Waals surface area contributed by atoms with E-state index in [9.17, 15) is 4.79 Å². The topological polar surface area (TPSA) is 35.6 Å². The fraction of sp³-hybridized carbons (Fsp3) is 0.350. The Balaban J connectivity index is 1.51. The van der Waals surface area contributed by atoms with Gasteiger partial charge in [-0.1, -0.05) is 29.8 Å². The zero-order valence-electron chi connectivity index (χ0n) is 14.8. The first-order valence-corrected chi connectivity index (χ1v) is 8.98. The standard InChI is InChI=1S/C20H24ClN3O/c1-15-11-16(2)13-19(12-15)22-20(25)24-9-7-23(8-10-24)14-17-3-5-18(21)6-4-17/h3-6,11-13H,7-10,14H2,1-2H3,(H,22,25). The maximum atomic E-state index is 12.5. The molecule has 0 radical (unpaired) electrons. The number of benzene rings is 2. The number of hydrogen-bond acceptors (Lipinski definition) is 2. The van der Waals surface area contributed by atoms with Gasteiger partial charge in [0, 0.05) is 43.4 Å². The molecular weight excluding hydrogens is 334 g/mol. The van der Waals surface area contributed by atoms with Crippen LogP contribution < -0.4 is 5.32 Å². The summed E-state index contributed by atoms with van der Waals surface area (Å²) in [5.74, 6) is 0. The minimum absolute atomic E-state index is 0.0175. The number of carbonyl (C=O) groups excluding carboxylic acids is 1. The van der Waals surface area contributed by atoms with E-state index >= 15 is 0 Å². The van der Waals surface area contributed by atoms with Crippen molar-refractivity contribution in [2.75, 3.05) is 31.5 Å². The summed E-state index contributed by atoms with van der Waals surface area (Å²) in [6.07, 6.45) is 0. The van der Waals surface area contributed by atoms with E-state index in [1.54, 1.807) is 0 Å². The van der Waals surface area contributed by atoms with Crippen molar-refractivity contribution in [1.29, 1.82) is 0 Å². The summed E-state index contributed by atoms with van der Waals surface area (Å²) in [6, 6.07) is 14.0. The number of nitrogens with one attached hydrogen (secondary N) is 1. The number of halogens is 1. The lowest BCUT2D eigenvalue weighted by molar-refractivity contribution is 0.143. The molecule has 0 unspecified atom stereocenters. The van der Waals surface area contributed by atoms with Crippen molar-refractivity contribution >= 4 is 23.3 Å². The van der Waals surface area contributed by atoms with Crippen LogP contribution in [0.5, 0.6) is 0 Å². The molecular formula is C20H24ClN3O. The van der Waals surface area contributed by atoms with E-state index in [1.807, 2.05) is 43.0 Å². The van der Waals surface area contributed by atoms with Gasteiger partial charge in [-0.05, 0) is 54.8 Å². The van der Waals surface area contributed by atoms with E-state index < -0.39 is 0 Å². The van der Waals surface area contributed by atoms with Gasteiger partial charge in [-0.2, -0.15) is 0 Å². The number of anilines is 1. The van der Waals surface area contributed by atoms with Gasteiger partial charge < -0.3 is 10.2 Å². The van der Waals surface area contributed by atoms with Crippen LogP contribution in [0.4, 0.5) is 10.5 Å². The Labute approximate surface area is 154 Å². The van der Waals surface area contributed by atoms with Crippen molar-refractivity contribution in [3.8, 4) is 0 Å². The highest BCUT2D eigenvalue weighted by Gasteiger charge is 2.21. The largest absolute Gasteiger partial charge is 0.322 e. The molecule has 2 amide bonds. The zero-order valence-corrected chi connectivity index (χ0v) is 15.5. The first-order valence-electron chi connectivity index (χ1n) is 8.60. The number of aryl methyl sites for hydroxylation is 2. The van der Waals surface area contributed by atoms with Crippen LogP contribution in [0.25, 0.3) is 0 Å². The highest BCUT2D eigenvalue weighted by Crippen LogP contribution is 2.16. The van der Waals surface area contributed by atoms with E-state index in [2.05, 4.69) is 28.4 Å². The number of nitrogens with zero attached hydrogens (tertiary/aromatic N) is 2. The second-order valence-corrected chi connectivity index (χ2v) is 7.13. The van der Waals surface area contributed by atoms with Crippen LogP contribution in [-0.2, 0) is 6.54 Å². The molecule has 1 fully saturated rings. The average Bonchev–Trinajstić information content (AvgIpc) is 2.56. The molecule has 1 saturated heterocycles. The SMILES string of the molecule is Cc1cc(C)cc(NC(=O)N2CCN(Cc3ccc(Cl)cc3)CC2)c1. The van der Waals surface area contributed by atoms with Crippen LogP contribution >= 0.6 is 11.6 Å². The van der Waals surface area contributed by atoms with Gasteiger partial charge in [0.2, 0.25) is 0 Å². The molecule has 0 saturated carbocycles. The number of urea groups is 1. The Morgan fingerprint density at radius 3 is 2.20 bits per heavy atom. The molecule has 25 heavy (non-hydrogen) atoms. The predicted octanol–water partition coefficient (Wildman–Crippen LogP) is 4.31. The summed E-state index contributed by atoms with van der Waals surface area (Å²) in [6.45, 7) is 8.21. The zero-order chi connectivity index (χ0) is 17.8. The summed E-state index contributed by atoms with van der Waals surface area (Å²) in [5.41, 5.74) is 4.43. The smallest absolute Gasteiger partial charge is 0.321 e. The van der Waals surface area contributed by atoms with Gasteiger partial charge >= 0.3 is 6.03 Å². The monoisotopic (exact) mass is 357 g/mol. The van der Waals surface area contributed by atoms with Crippen molar-refractivity contribution in [2.24, 2.45) is 0 Å². The molecule has 0 bridgehead atoms. The van der Waals surface area contributed by atoms with Crippen molar-refractivity contribution in [3.05, 3.63) is 64.2 Å². The molecule has 1 heterocycles. The van der Waals surface area contributed by atoms with Crippen molar-refractivity contribution < 1.29 is 4.79 Å². The van der Waals surface area contributed by atoms with E-state index in [0.29, 0.717) is 0 Å². The van der Waals surface area contributed by atoms with E-state index in [-0.39, 0.29) is 6.03 Å². The molecule has 2 aromatic carbocycles. The minimum Gasteiger partial charge on any atom is -0.322 e. The third-order valence-corrected chi connectivity index (χ3v) is 4.70. The van der Waals surface area contributed by atoms with E-state index in [0.717, 1.165) is 54.6 Å². The Bertz CT molecular complexity index is 717. The Hall–Kier alpha value is -2.04. The number of rotatable bonds is 3. The molecule has 5 heteroatoms. The number of piperazine rings is 1. The molecule has 0 spiro atoms. The Kier molecular flexibility index (Phi) is 5.61. The maximum absolute atomic E-state index is 12.5. The number of amides is 2. The third kappa shape index (κ3) is 4.97. The van der Waals surface area contributed by atoms with Crippen LogP contribution in [0.1, 0.15) is 16.7 Å². The highest BCUT2D eigenvalue weighted by atomic mass is 35.5. The van der Waals surface area contributed by atoms with Gasteiger partial charge in [-0.15, -0.1) is 0 Å². The fourth-order valence-corrected chi connectivity index (χ4v) is 3.33. The quantitative estimate of drug-likeness (QED) is 0.888. The van der Waals surface area contributed by atoms with Crippen LogP contribution in [0.2, 0.25) is 5.02 Å². The van der Waals surface area contributed by atoms with Crippen molar-refractivity contribution in [3.63, 3.8) is 0 Å². The summed E-state index contributed by atoms with van der Waals surface area (Å²) >= 11 is 5.93. The van der Waals surface area contributed by atoms with Gasteiger partial charge in [0.25, 0.3) is 0 Å². The molecule has 132 valence electrons. The Morgan fingerprint density at radius 2 is 1.60 bits per heavy atom. The summed E-state index contributed by atoms with van der Waals surface area (Å²) in [5, 5.41) is 3.78. The summed E-state index contributed by atoms with van der Waals surface area (Å²) in [4.78, 5) is 16.7. The molecule has 0 aromatic heterocycles. The van der Waals surface area contributed by atoms with Crippen molar-refractivity contribution in [1.82, 2.24) is 9.80 Å². The Morgan fingerprint density at radius 1 is 1.00 bits per heavy atom. The van der Waals surface area contributed by atoms with E-state index in [1.165, 1.54) is 5.56 Å². The van der Waals surface area contributed by atoms with Crippen LogP contribution in [0.15, 0.2) is 42.5 Å². The second-order valence-electron chi connectivity index (χ2n) is 6.70. The lowest BCUT2D eigenvalue weighted by Gasteiger charge is -2.34. The van der Waals surface area contributed by atoms with Gasteiger partial charge in [0.1, 0.15) is 0 Å². The molecule has 1 N–H and O–H groups in total. The van der Waals surface area contributed by atoms with Crippen molar-refractivity contribution in [2.45, 2.75) is 20.4 Å². The average molecular weight is 358 g/mol. The van der Waals surface area contributed by atoms with Gasteiger partial charge in [0.05, 0.1) is 0 Å². The lowest BCUT2D eigenvalue weighted by Crippen LogP contribution is -2.49. The lowest BCUT2D eigenvalue weighted by atomic mass is 10.1. The second kappa shape index (κ2) is 7.89. The van der Waals surface area contributed by atoms with Gasteiger partial charge in [-0.3, -0.25) is 4.90 Å². The molecule has 0 aliphatic carbocycles. The predicted molar refractivity (Wildman–Crippen MR) is 103 cm³/mol. The first kappa shape index (κ1) is 17.8. The minimum atomic E-state index is -0.0175. The molecule has 1 aliphatic heterocycles. The number of hydrogen-bond donors (Lipinski definition) is 1. The molecule has 1 aliphatic rings. The van der Waals surface area contributed by atoms with E-state index in [4.69, 9.17) is 11.6 Å². The maximum Gasteiger partial charge on any atom is 0.321 e. The van der Waals surface area contributed by atoms with Crippen LogP contribution in [0.3, 0.4) is 0 Å². The summed E-state index contributed by atoms with van der Waals surface area (Å²) in [7, 11) is 0. The fourth-order valence-electron chi connectivity index (χ4n) is 3.21. The van der Waals surface area contributed by atoms with Gasteiger partial charge in [-0.25, -0.2) is 4.79 Å². The molecule has 4 nitrogen and oxygen atoms in total. The highest BCUT2D eigenvalue weighted by molar-refractivity contribution is 6.30. The first-order chi connectivity index (χ1) is 12.0. The van der Waals surface area contributed by atoms with Crippen LogP contribution in [0, 0.1) is 13.8 Å².